The molecule has 0 saturated carbocycles. The van der Waals surface area contributed by atoms with E-state index in [2.05, 4.69) is 0 Å². The molecule has 5 nitrogen and oxygen atoms in total. The van der Waals surface area contributed by atoms with E-state index in [9.17, 15) is 9.36 Å². The molecule has 0 aromatic heterocycles. The van der Waals surface area contributed by atoms with Crippen molar-refractivity contribution in [2.45, 2.75) is 12.5 Å². The van der Waals surface area contributed by atoms with Crippen LogP contribution in [-0.2, 0) is 9.36 Å². The lowest BCUT2D eigenvalue weighted by Crippen LogP contribution is -2.30. The predicted molar refractivity (Wildman–Crippen MR) is 51.9 cm³/mol. The molecule has 0 aliphatic rings. The first-order chi connectivity index (χ1) is 4.83. The fraction of sp³-hybridized carbons (Fsp3) is 0.800. The average molecular weight is 215 g/mol. The van der Waals surface area contributed by atoms with Crippen LogP contribution in [0.4, 0.5) is 0 Å². The highest BCUT2D eigenvalue weighted by Gasteiger charge is 2.16. The molecule has 0 aliphatic heterocycles. The monoisotopic (exact) mass is 215 g/mol. The standard InChI is InChI=1S/C5H12NO4P.H3P/c1-11(9,10)3-2-4(6)5(7)8;/h4H,2-3,6H2,1H3,(H,7,8)(H,9,10);1H3. The van der Waals surface area contributed by atoms with Crippen molar-refractivity contribution in [1.29, 1.82) is 0 Å². The van der Waals surface area contributed by atoms with Crippen LogP contribution in [0.25, 0.3) is 0 Å². The molecule has 0 amide bonds. The molecule has 3 unspecified atom stereocenters. The van der Waals surface area contributed by atoms with Gasteiger partial charge in [0.1, 0.15) is 6.04 Å². The summed E-state index contributed by atoms with van der Waals surface area (Å²) in [5, 5.41) is 8.28. The normalized spacial score (nSPS) is 17.2. The van der Waals surface area contributed by atoms with Gasteiger partial charge in [-0.2, -0.15) is 9.90 Å². The molecule has 0 aromatic rings. The molecule has 0 bridgehead atoms. The second-order valence-electron chi connectivity index (χ2n) is 2.51. The topological polar surface area (TPSA) is 101 Å². The number of hydrogen-bond acceptors (Lipinski definition) is 3. The first kappa shape index (κ1) is 14.6. The minimum absolute atomic E-state index is 0. The zero-order chi connectivity index (χ0) is 9.07. The Labute approximate surface area is 74.4 Å². The summed E-state index contributed by atoms with van der Waals surface area (Å²) in [6.45, 7) is 1.18. The van der Waals surface area contributed by atoms with Crippen LogP contribution in [0.3, 0.4) is 0 Å². The lowest BCUT2D eigenvalue weighted by molar-refractivity contribution is -0.138. The van der Waals surface area contributed by atoms with Crippen LogP contribution in [0.2, 0.25) is 0 Å². The van der Waals surface area contributed by atoms with Gasteiger partial charge < -0.3 is 15.7 Å². The minimum atomic E-state index is -3.10. The Bertz CT molecular complexity index is 190. The molecule has 0 rings (SSSR count). The van der Waals surface area contributed by atoms with E-state index in [0.717, 1.165) is 0 Å². The fourth-order valence-electron chi connectivity index (χ4n) is 0.502. The van der Waals surface area contributed by atoms with Gasteiger partial charge in [-0.05, 0) is 6.42 Å². The molecule has 0 radical (unpaired) electrons. The summed E-state index contributed by atoms with van der Waals surface area (Å²) in [6, 6.07) is -1.03. The van der Waals surface area contributed by atoms with Gasteiger partial charge in [0, 0.05) is 12.8 Å². The number of rotatable bonds is 4. The van der Waals surface area contributed by atoms with Crippen LogP contribution < -0.4 is 5.73 Å². The van der Waals surface area contributed by atoms with Crippen molar-refractivity contribution < 1.29 is 19.4 Å². The van der Waals surface area contributed by atoms with Crippen LogP contribution in [0, 0.1) is 0 Å². The van der Waals surface area contributed by atoms with Gasteiger partial charge in [0.15, 0.2) is 7.37 Å². The maximum absolute atomic E-state index is 10.6. The van der Waals surface area contributed by atoms with Crippen LogP contribution in [0.1, 0.15) is 6.42 Å². The predicted octanol–water partition coefficient (Wildman–Crippen LogP) is -0.253. The second kappa shape index (κ2) is 5.65. The molecule has 0 spiro atoms. The molecule has 0 aromatic carbocycles. The molecular formula is C5H15NO4P2. The summed E-state index contributed by atoms with van der Waals surface area (Å²) < 4.78 is 10.6. The summed E-state index contributed by atoms with van der Waals surface area (Å²) in [5.41, 5.74) is 5.09. The Kier molecular flexibility index (Phi) is 6.86. The van der Waals surface area contributed by atoms with Crippen molar-refractivity contribution in [3.63, 3.8) is 0 Å². The molecular weight excluding hydrogens is 200 g/mol. The summed E-state index contributed by atoms with van der Waals surface area (Å²) in [7, 11) is -3.10. The molecule has 0 fully saturated rings. The lowest BCUT2D eigenvalue weighted by Gasteiger charge is -2.07. The van der Waals surface area contributed by atoms with Gasteiger partial charge in [-0.3, -0.25) is 9.36 Å². The number of carbonyl (C=O) groups is 1. The van der Waals surface area contributed by atoms with Gasteiger partial charge in [-0.15, -0.1) is 0 Å². The molecule has 3 atom stereocenters. The zero-order valence-corrected chi connectivity index (χ0v) is 9.24. The maximum Gasteiger partial charge on any atom is 0.320 e. The lowest BCUT2D eigenvalue weighted by atomic mass is 10.2. The van der Waals surface area contributed by atoms with E-state index in [1.165, 1.54) is 6.66 Å². The van der Waals surface area contributed by atoms with E-state index >= 15 is 0 Å². The van der Waals surface area contributed by atoms with E-state index < -0.39 is 19.4 Å². The van der Waals surface area contributed by atoms with Gasteiger partial charge in [-0.25, -0.2) is 0 Å². The molecule has 4 N–H and O–H groups in total. The number of aliphatic carboxylic acids is 1. The fourth-order valence-corrected chi connectivity index (χ4v) is 1.26. The van der Waals surface area contributed by atoms with Gasteiger partial charge in [0.25, 0.3) is 0 Å². The summed E-state index contributed by atoms with van der Waals surface area (Å²) >= 11 is 0. The number of carboxylic acids is 1. The Morgan fingerprint density at radius 3 is 2.33 bits per heavy atom. The van der Waals surface area contributed by atoms with Gasteiger partial charge >= 0.3 is 5.97 Å². The van der Waals surface area contributed by atoms with Crippen molar-refractivity contribution in [2.24, 2.45) is 5.73 Å². The summed E-state index contributed by atoms with van der Waals surface area (Å²) in [4.78, 5) is 18.9. The van der Waals surface area contributed by atoms with Gasteiger partial charge in [0.2, 0.25) is 0 Å². The van der Waals surface area contributed by atoms with E-state index in [1.54, 1.807) is 0 Å². The number of carboxylic acid groups (broad SMARTS) is 1. The van der Waals surface area contributed by atoms with E-state index in [4.69, 9.17) is 15.7 Å². The smallest absolute Gasteiger partial charge is 0.320 e. The van der Waals surface area contributed by atoms with Gasteiger partial charge in [-0.1, -0.05) is 0 Å². The Morgan fingerprint density at radius 1 is 1.67 bits per heavy atom. The Balaban J connectivity index is 0. The second-order valence-corrected chi connectivity index (χ2v) is 5.06. The van der Waals surface area contributed by atoms with Crippen molar-refractivity contribution in [3.8, 4) is 0 Å². The van der Waals surface area contributed by atoms with E-state index in [1.807, 2.05) is 0 Å². The third-order valence-corrected chi connectivity index (χ3v) is 2.26. The van der Waals surface area contributed by atoms with Crippen LogP contribution in [-0.4, -0.2) is 34.8 Å². The zero-order valence-electron chi connectivity index (χ0n) is 6.93. The Morgan fingerprint density at radius 2 is 2.08 bits per heavy atom. The largest absolute Gasteiger partial charge is 0.480 e. The highest BCUT2D eigenvalue weighted by molar-refractivity contribution is 7.57. The van der Waals surface area contributed by atoms with Crippen molar-refractivity contribution in [3.05, 3.63) is 0 Å². The van der Waals surface area contributed by atoms with Crippen molar-refractivity contribution >= 4 is 23.2 Å². The number of hydrogen-bond donors (Lipinski definition) is 3. The van der Waals surface area contributed by atoms with Crippen LogP contribution in [0.15, 0.2) is 0 Å². The quantitative estimate of drug-likeness (QED) is 0.561. The number of nitrogens with two attached hydrogens (primary N) is 1. The Hall–Kier alpha value is 0.0500. The van der Waals surface area contributed by atoms with Crippen LogP contribution >= 0.6 is 17.3 Å². The SMILES string of the molecule is CP(=O)(O)CCC(N)C(=O)O.P. The minimum Gasteiger partial charge on any atom is -0.480 e. The average Bonchev–Trinajstić information content (AvgIpc) is 1.80. The molecule has 0 saturated heterocycles. The third-order valence-electron chi connectivity index (χ3n) is 1.17. The van der Waals surface area contributed by atoms with Crippen molar-refractivity contribution in [2.75, 3.05) is 12.8 Å². The molecule has 0 aliphatic carbocycles. The summed E-state index contributed by atoms with van der Waals surface area (Å²) in [6.07, 6.45) is 0.0000772. The maximum atomic E-state index is 10.6. The molecule has 7 heteroatoms. The first-order valence-electron chi connectivity index (χ1n) is 3.10. The van der Waals surface area contributed by atoms with Crippen molar-refractivity contribution in [1.82, 2.24) is 0 Å². The van der Waals surface area contributed by atoms with E-state index in [-0.39, 0.29) is 22.5 Å². The van der Waals surface area contributed by atoms with Crippen LogP contribution in [0.5, 0.6) is 0 Å². The highest BCUT2D eigenvalue weighted by atomic mass is 31.2. The highest BCUT2D eigenvalue weighted by Crippen LogP contribution is 2.35. The molecule has 12 heavy (non-hydrogen) atoms. The first-order valence-corrected chi connectivity index (χ1v) is 5.40. The third kappa shape index (κ3) is 8.15. The molecule has 74 valence electrons. The molecule has 0 heterocycles. The van der Waals surface area contributed by atoms with E-state index in [0.29, 0.717) is 0 Å². The van der Waals surface area contributed by atoms with Gasteiger partial charge in [0.05, 0.1) is 0 Å². The summed E-state index contributed by atoms with van der Waals surface area (Å²) in [5.74, 6) is -1.14.